The third-order valence-electron chi connectivity index (χ3n) is 6.46. The van der Waals surface area contributed by atoms with Crippen LogP contribution in [0.5, 0.6) is 5.75 Å². The lowest BCUT2D eigenvalue weighted by atomic mass is 9.94. The molecule has 3 aromatic carbocycles. The SMILES string of the molecule is Cc1cccc(C2/C(=C(\O)c3ccc(OCC(C)C)cc3)C(=O)C(=O)N2c2nc3ccc(C(=O)O)cc3[nH]2)c1. The number of carbonyl (C=O) groups is 3. The van der Waals surface area contributed by atoms with Crippen molar-refractivity contribution < 1.29 is 29.3 Å². The average Bonchev–Trinajstić information content (AvgIpc) is 3.45. The summed E-state index contributed by atoms with van der Waals surface area (Å²) < 4.78 is 5.72. The molecule has 5 rings (SSSR count). The van der Waals surface area contributed by atoms with Gasteiger partial charge in [-0.3, -0.25) is 14.5 Å². The van der Waals surface area contributed by atoms with Crippen LogP contribution >= 0.6 is 0 Å². The monoisotopic (exact) mass is 525 g/mol. The van der Waals surface area contributed by atoms with E-state index in [0.717, 1.165) is 5.56 Å². The summed E-state index contributed by atoms with van der Waals surface area (Å²) in [4.78, 5) is 47.0. The first kappa shape index (κ1) is 25.7. The molecule has 0 radical (unpaired) electrons. The van der Waals surface area contributed by atoms with Gasteiger partial charge in [0.15, 0.2) is 0 Å². The number of aromatic amines is 1. The lowest BCUT2D eigenvalue weighted by Gasteiger charge is -2.23. The highest BCUT2D eigenvalue weighted by Gasteiger charge is 2.48. The summed E-state index contributed by atoms with van der Waals surface area (Å²) in [6.45, 7) is 6.50. The number of nitrogens with zero attached hydrogens (tertiary/aromatic N) is 2. The van der Waals surface area contributed by atoms with Gasteiger partial charge >= 0.3 is 11.9 Å². The van der Waals surface area contributed by atoms with E-state index in [-0.39, 0.29) is 22.8 Å². The van der Waals surface area contributed by atoms with Crippen LogP contribution in [0.3, 0.4) is 0 Å². The maximum Gasteiger partial charge on any atom is 0.335 e. The summed E-state index contributed by atoms with van der Waals surface area (Å²) in [5, 5.41) is 20.7. The third-order valence-corrected chi connectivity index (χ3v) is 6.46. The Hall–Kier alpha value is -4.92. The fourth-order valence-corrected chi connectivity index (χ4v) is 4.58. The molecule has 1 aromatic heterocycles. The van der Waals surface area contributed by atoms with E-state index in [1.807, 2.05) is 39.0 Å². The van der Waals surface area contributed by atoms with Crippen LogP contribution in [0.15, 0.2) is 72.3 Å². The Balaban J connectivity index is 1.63. The number of benzene rings is 3. The number of amides is 1. The van der Waals surface area contributed by atoms with E-state index in [0.29, 0.717) is 40.4 Å². The Morgan fingerprint density at radius 3 is 2.41 bits per heavy atom. The topological polar surface area (TPSA) is 133 Å². The Bertz CT molecular complexity index is 1630. The molecular formula is C30H27N3O6. The molecule has 1 aliphatic heterocycles. The molecule has 1 unspecified atom stereocenters. The summed E-state index contributed by atoms with van der Waals surface area (Å²) >= 11 is 0. The zero-order chi connectivity index (χ0) is 27.8. The highest BCUT2D eigenvalue weighted by atomic mass is 16.5. The number of fused-ring (bicyclic) bond motifs is 1. The van der Waals surface area contributed by atoms with Crippen molar-refractivity contribution in [1.29, 1.82) is 0 Å². The van der Waals surface area contributed by atoms with Crippen LogP contribution in [-0.2, 0) is 9.59 Å². The lowest BCUT2D eigenvalue weighted by Crippen LogP contribution is -2.30. The van der Waals surface area contributed by atoms with Crippen molar-refractivity contribution >= 4 is 40.4 Å². The summed E-state index contributed by atoms with van der Waals surface area (Å²) in [6.07, 6.45) is 0. The molecule has 198 valence electrons. The molecule has 39 heavy (non-hydrogen) atoms. The molecule has 2 heterocycles. The van der Waals surface area contributed by atoms with Gasteiger partial charge < -0.3 is 19.9 Å². The van der Waals surface area contributed by atoms with E-state index in [2.05, 4.69) is 9.97 Å². The number of aliphatic hydroxyl groups excluding tert-OH is 1. The van der Waals surface area contributed by atoms with Gasteiger partial charge in [-0.05, 0) is 60.9 Å². The predicted molar refractivity (Wildman–Crippen MR) is 146 cm³/mol. The van der Waals surface area contributed by atoms with E-state index in [9.17, 15) is 24.6 Å². The Morgan fingerprint density at radius 1 is 1.03 bits per heavy atom. The van der Waals surface area contributed by atoms with E-state index in [1.165, 1.54) is 23.1 Å². The van der Waals surface area contributed by atoms with Crippen molar-refractivity contribution in [2.24, 2.45) is 5.92 Å². The zero-order valence-corrected chi connectivity index (χ0v) is 21.6. The molecule has 1 aliphatic rings. The van der Waals surface area contributed by atoms with E-state index in [4.69, 9.17) is 4.74 Å². The van der Waals surface area contributed by atoms with Crippen LogP contribution in [-0.4, -0.2) is 44.4 Å². The number of rotatable bonds is 7. The van der Waals surface area contributed by atoms with Gasteiger partial charge in [0.1, 0.15) is 11.5 Å². The first-order valence-electron chi connectivity index (χ1n) is 12.5. The van der Waals surface area contributed by atoms with Crippen LogP contribution < -0.4 is 9.64 Å². The first-order chi connectivity index (χ1) is 18.6. The molecule has 4 aromatic rings. The van der Waals surface area contributed by atoms with Crippen molar-refractivity contribution in [3.8, 4) is 5.75 Å². The Kier molecular flexibility index (Phi) is 6.66. The van der Waals surface area contributed by atoms with Gasteiger partial charge in [-0.2, -0.15) is 0 Å². The minimum Gasteiger partial charge on any atom is -0.507 e. The van der Waals surface area contributed by atoms with E-state index < -0.39 is 23.7 Å². The van der Waals surface area contributed by atoms with E-state index in [1.54, 1.807) is 30.3 Å². The number of hydrogen-bond acceptors (Lipinski definition) is 6. The smallest absolute Gasteiger partial charge is 0.335 e. The molecule has 0 bridgehead atoms. The summed E-state index contributed by atoms with van der Waals surface area (Å²) in [5.74, 6) is -2.10. The molecule has 1 saturated heterocycles. The third kappa shape index (κ3) is 4.86. The molecule has 3 N–H and O–H groups in total. The fourth-order valence-electron chi connectivity index (χ4n) is 4.58. The number of anilines is 1. The number of aryl methyl sites for hydroxylation is 1. The number of nitrogens with one attached hydrogen (secondary N) is 1. The van der Waals surface area contributed by atoms with Gasteiger partial charge in [-0.15, -0.1) is 0 Å². The molecule has 9 heteroatoms. The van der Waals surface area contributed by atoms with Crippen LogP contribution in [0, 0.1) is 12.8 Å². The molecule has 1 fully saturated rings. The number of Topliss-reactive ketones (excluding diaryl/α,β-unsaturated/α-hetero) is 1. The standard InChI is InChI=1S/C30H27N3O6/c1-16(2)15-39-21-10-7-18(8-11-21)26(34)24-25(19-6-4-5-17(3)13-19)33(28(36)27(24)35)30-31-22-12-9-20(29(37)38)14-23(22)32-30/h4-14,16,25,34H,15H2,1-3H3,(H,31,32)(H,37,38)/b26-24+. The van der Waals surface area contributed by atoms with E-state index >= 15 is 0 Å². The number of aliphatic hydroxyl groups is 1. The van der Waals surface area contributed by atoms with Gasteiger partial charge in [0, 0.05) is 5.56 Å². The number of imidazole rings is 1. The van der Waals surface area contributed by atoms with Gasteiger partial charge in [0.2, 0.25) is 5.95 Å². The highest BCUT2D eigenvalue weighted by Crippen LogP contribution is 2.42. The molecule has 1 amide bonds. The molecule has 0 spiro atoms. The number of ether oxygens (including phenoxy) is 1. The van der Waals surface area contributed by atoms with Gasteiger partial charge in [-0.25, -0.2) is 9.78 Å². The fraction of sp³-hybridized carbons (Fsp3) is 0.200. The second-order valence-electron chi connectivity index (χ2n) is 9.91. The Morgan fingerprint density at radius 2 is 1.74 bits per heavy atom. The van der Waals surface area contributed by atoms with Crippen LogP contribution in [0.1, 0.15) is 46.9 Å². The number of aromatic nitrogens is 2. The maximum atomic E-state index is 13.4. The van der Waals surface area contributed by atoms with Crippen LogP contribution in [0.2, 0.25) is 0 Å². The molecular weight excluding hydrogens is 498 g/mol. The second kappa shape index (κ2) is 10.1. The second-order valence-corrected chi connectivity index (χ2v) is 9.91. The normalized spacial score (nSPS) is 16.8. The summed E-state index contributed by atoms with van der Waals surface area (Å²) in [7, 11) is 0. The number of carboxylic acids is 1. The summed E-state index contributed by atoms with van der Waals surface area (Å²) in [5.41, 5.74) is 2.67. The van der Waals surface area contributed by atoms with Crippen LogP contribution in [0.4, 0.5) is 5.95 Å². The minimum absolute atomic E-state index is 0.0517. The average molecular weight is 526 g/mol. The van der Waals surface area contributed by atoms with Gasteiger partial charge in [-0.1, -0.05) is 43.7 Å². The lowest BCUT2D eigenvalue weighted by molar-refractivity contribution is -0.132. The van der Waals surface area contributed by atoms with Crippen LogP contribution in [0.25, 0.3) is 16.8 Å². The first-order valence-corrected chi connectivity index (χ1v) is 12.5. The number of H-pyrrole nitrogens is 1. The van der Waals surface area contributed by atoms with Crippen molar-refractivity contribution in [3.63, 3.8) is 0 Å². The van der Waals surface area contributed by atoms with Crippen molar-refractivity contribution in [2.45, 2.75) is 26.8 Å². The van der Waals surface area contributed by atoms with Gasteiger partial charge in [0.05, 0.1) is 34.8 Å². The molecule has 9 nitrogen and oxygen atoms in total. The van der Waals surface area contributed by atoms with Crippen molar-refractivity contribution in [1.82, 2.24) is 9.97 Å². The number of aromatic carboxylic acids is 1. The maximum absolute atomic E-state index is 13.4. The highest BCUT2D eigenvalue weighted by molar-refractivity contribution is 6.51. The molecule has 1 atom stereocenters. The number of carboxylic acid groups (broad SMARTS) is 1. The minimum atomic E-state index is -1.10. The van der Waals surface area contributed by atoms with Crippen molar-refractivity contribution in [2.75, 3.05) is 11.5 Å². The molecule has 0 aliphatic carbocycles. The number of ketones is 1. The van der Waals surface area contributed by atoms with Crippen molar-refractivity contribution in [3.05, 3.63) is 94.6 Å². The molecule has 0 saturated carbocycles. The number of carbonyl (C=O) groups excluding carboxylic acids is 2. The number of hydrogen-bond donors (Lipinski definition) is 3. The Labute approximate surface area is 224 Å². The quantitative estimate of drug-likeness (QED) is 0.171. The predicted octanol–water partition coefficient (Wildman–Crippen LogP) is 5.23. The van der Waals surface area contributed by atoms with Gasteiger partial charge in [0.25, 0.3) is 5.78 Å². The largest absolute Gasteiger partial charge is 0.507 e. The summed E-state index contributed by atoms with van der Waals surface area (Å²) in [6, 6.07) is 17.4. The zero-order valence-electron chi connectivity index (χ0n) is 21.6.